The maximum absolute atomic E-state index is 12.1. The maximum Gasteiger partial charge on any atom is 0.327 e. The lowest BCUT2D eigenvalue weighted by atomic mass is 9.94. The molecule has 1 aromatic heterocycles. The van der Waals surface area contributed by atoms with Gasteiger partial charge in [-0.2, -0.15) is 0 Å². The molecule has 0 saturated heterocycles. The molecule has 1 aromatic carbocycles. The SMILES string of the molecule is COC(=O)C(N)(Cn1cnc2cc(C)c(C)cc21)C1CC1. The third-order valence-electron chi connectivity index (χ3n) is 4.54. The lowest BCUT2D eigenvalue weighted by molar-refractivity contribution is -0.148. The Labute approximate surface area is 124 Å². The van der Waals surface area contributed by atoms with Crippen LogP contribution in [0.15, 0.2) is 18.5 Å². The maximum atomic E-state index is 12.1. The quantitative estimate of drug-likeness (QED) is 0.872. The number of esters is 1. The van der Waals surface area contributed by atoms with Crippen LogP contribution in [0.25, 0.3) is 11.0 Å². The number of nitrogens with zero attached hydrogens (tertiary/aromatic N) is 2. The Morgan fingerprint density at radius 3 is 2.71 bits per heavy atom. The number of hydrogen-bond donors (Lipinski definition) is 1. The van der Waals surface area contributed by atoms with E-state index in [1.807, 2.05) is 4.57 Å². The van der Waals surface area contributed by atoms with Crippen LogP contribution >= 0.6 is 0 Å². The fraction of sp³-hybridized carbons (Fsp3) is 0.500. The average molecular weight is 287 g/mol. The van der Waals surface area contributed by atoms with Gasteiger partial charge in [-0.3, -0.25) is 0 Å². The van der Waals surface area contributed by atoms with Crippen molar-refractivity contribution in [3.05, 3.63) is 29.6 Å². The van der Waals surface area contributed by atoms with Gasteiger partial charge < -0.3 is 15.0 Å². The monoisotopic (exact) mass is 287 g/mol. The predicted octanol–water partition coefficient (Wildman–Crippen LogP) is 1.93. The van der Waals surface area contributed by atoms with Crippen LogP contribution in [0.5, 0.6) is 0 Å². The van der Waals surface area contributed by atoms with Crippen molar-refractivity contribution in [2.45, 2.75) is 38.8 Å². The van der Waals surface area contributed by atoms with Crippen LogP contribution in [0.3, 0.4) is 0 Å². The number of aryl methyl sites for hydroxylation is 2. The summed E-state index contributed by atoms with van der Waals surface area (Å²) in [6.45, 7) is 4.55. The topological polar surface area (TPSA) is 70.1 Å². The average Bonchev–Trinajstić information content (AvgIpc) is 3.25. The second-order valence-corrected chi connectivity index (χ2v) is 6.10. The second-order valence-electron chi connectivity index (χ2n) is 6.10. The van der Waals surface area contributed by atoms with Gasteiger partial charge in [0.2, 0.25) is 0 Å². The Kier molecular flexibility index (Phi) is 3.24. The molecule has 0 spiro atoms. The normalized spacial score (nSPS) is 17.7. The van der Waals surface area contributed by atoms with E-state index in [0.29, 0.717) is 6.54 Å². The van der Waals surface area contributed by atoms with E-state index >= 15 is 0 Å². The zero-order chi connectivity index (χ0) is 15.2. The molecule has 21 heavy (non-hydrogen) atoms. The molecular formula is C16H21N3O2. The van der Waals surface area contributed by atoms with Crippen molar-refractivity contribution in [3.8, 4) is 0 Å². The first-order valence-corrected chi connectivity index (χ1v) is 7.25. The molecule has 1 unspecified atom stereocenters. The van der Waals surface area contributed by atoms with Gasteiger partial charge in [-0.25, -0.2) is 9.78 Å². The van der Waals surface area contributed by atoms with Crippen molar-refractivity contribution < 1.29 is 9.53 Å². The summed E-state index contributed by atoms with van der Waals surface area (Å²) in [5.74, 6) is -0.135. The molecule has 1 heterocycles. The van der Waals surface area contributed by atoms with Gasteiger partial charge in [0.1, 0.15) is 5.54 Å². The Balaban J connectivity index is 2.00. The lowest BCUT2D eigenvalue weighted by Gasteiger charge is -2.27. The fourth-order valence-electron chi connectivity index (χ4n) is 2.87. The highest BCUT2D eigenvalue weighted by Gasteiger charge is 2.49. The summed E-state index contributed by atoms with van der Waals surface area (Å²) in [4.78, 5) is 16.5. The minimum atomic E-state index is -0.957. The van der Waals surface area contributed by atoms with Gasteiger partial charge in [0.05, 0.1) is 31.0 Å². The number of aromatic nitrogens is 2. The Morgan fingerprint density at radius 1 is 1.43 bits per heavy atom. The molecule has 1 atom stereocenters. The number of methoxy groups -OCH3 is 1. The van der Waals surface area contributed by atoms with E-state index in [-0.39, 0.29) is 11.9 Å². The zero-order valence-electron chi connectivity index (χ0n) is 12.7. The summed E-state index contributed by atoms with van der Waals surface area (Å²) < 4.78 is 6.89. The number of hydrogen-bond acceptors (Lipinski definition) is 4. The fourth-order valence-corrected chi connectivity index (χ4v) is 2.87. The highest BCUT2D eigenvalue weighted by atomic mass is 16.5. The molecular weight excluding hydrogens is 266 g/mol. The standard InChI is InChI=1S/C16H21N3O2/c1-10-6-13-14(7-11(10)2)19(9-18-13)8-16(17,12-4-5-12)15(20)21-3/h6-7,9,12H,4-5,8,17H2,1-3H3. The van der Waals surface area contributed by atoms with Gasteiger partial charge >= 0.3 is 5.97 Å². The van der Waals surface area contributed by atoms with Gasteiger partial charge in [0.25, 0.3) is 0 Å². The van der Waals surface area contributed by atoms with Gasteiger partial charge in [-0.1, -0.05) is 0 Å². The van der Waals surface area contributed by atoms with Gasteiger partial charge in [-0.05, 0) is 55.9 Å². The van der Waals surface area contributed by atoms with Crippen LogP contribution < -0.4 is 5.73 Å². The molecule has 0 radical (unpaired) electrons. The number of fused-ring (bicyclic) bond motifs is 1. The van der Waals surface area contributed by atoms with Crippen molar-refractivity contribution in [1.29, 1.82) is 0 Å². The van der Waals surface area contributed by atoms with E-state index in [0.717, 1.165) is 23.9 Å². The van der Waals surface area contributed by atoms with Crippen molar-refractivity contribution in [1.82, 2.24) is 9.55 Å². The largest absolute Gasteiger partial charge is 0.468 e. The summed E-state index contributed by atoms with van der Waals surface area (Å²) in [5.41, 5.74) is 9.79. The summed E-state index contributed by atoms with van der Waals surface area (Å²) >= 11 is 0. The van der Waals surface area contributed by atoms with Gasteiger partial charge in [-0.15, -0.1) is 0 Å². The summed E-state index contributed by atoms with van der Waals surface area (Å²) in [7, 11) is 1.39. The van der Waals surface area contributed by atoms with E-state index in [4.69, 9.17) is 10.5 Å². The predicted molar refractivity (Wildman–Crippen MR) is 80.9 cm³/mol. The molecule has 3 rings (SSSR count). The molecule has 2 aromatic rings. The third-order valence-corrected chi connectivity index (χ3v) is 4.54. The zero-order valence-corrected chi connectivity index (χ0v) is 12.7. The number of imidazole rings is 1. The minimum Gasteiger partial charge on any atom is -0.468 e. The van der Waals surface area contributed by atoms with Crippen molar-refractivity contribution in [2.24, 2.45) is 11.7 Å². The van der Waals surface area contributed by atoms with Gasteiger partial charge in [0.15, 0.2) is 0 Å². The minimum absolute atomic E-state index is 0.203. The summed E-state index contributed by atoms with van der Waals surface area (Å²) in [6, 6.07) is 4.16. The van der Waals surface area contributed by atoms with Crippen molar-refractivity contribution in [3.63, 3.8) is 0 Å². The molecule has 0 bridgehead atoms. The van der Waals surface area contributed by atoms with E-state index < -0.39 is 5.54 Å². The first kappa shape index (κ1) is 14.1. The Morgan fingerprint density at radius 2 is 2.10 bits per heavy atom. The number of rotatable bonds is 4. The first-order chi connectivity index (χ1) is 9.95. The van der Waals surface area contributed by atoms with Crippen LogP contribution in [0.4, 0.5) is 0 Å². The molecule has 5 nitrogen and oxygen atoms in total. The van der Waals surface area contributed by atoms with E-state index in [1.54, 1.807) is 6.33 Å². The lowest BCUT2D eigenvalue weighted by Crippen LogP contribution is -2.54. The van der Waals surface area contributed by atoms with Crippen LogP contribution in [-0.4, -0.2) is 28.2 Å². The summed E-state index contributed by atoms with van der Waals surface area (Å²) in [6.07, 6.45) is 3.73. The van der Waals surface area contributed by atoms with Crippen molar-refractivity contribution in [2.75, 3.05) is 7.11 Å². The molecule has 1 saturated carbocycles. The molecule has 0 amide bonds. The molecule has 1 fully saturated rings. The highest BCUT2D eigenvalue weighted by Crippen LogP contribution is 2.40. The first-order valence-electron chi connectivity index (χ1n) is 7.25. The summed E-state index contributed by atoms with van der Waals surface area (Å²) in [5, 5.41) is 0. The Bertz CT molecular complexity index is 703. The van der Waals surface area contributed by atoms with E-state index in [1.165, 1.54) is 18.2 Å². The molecule has 1 aliphatic carbocycles. The number of carbonyl (C=O) groups excluding carboxylic acids is 1. The number of nitrogens with two attached hydrogens (primary N) is 1. The van der Waals surface area contributed by atoms with Crippen LogP contribution in [0.2, 0.25) is 0 Å². The van der Waals surface area contributed by atoms with Crippen LogP contribution in [-0.2, 0) is 16.1 Å². The number of carbonyl (C=O) groups is 1. The molecule has 1 aliphatic rings. The number of ether oxygens (including phenoxy) is 1. The molecule has 0 aliphatic heterocycles. The molecule has 112 valence electrons. The van der Waals surface area contributed by atoms with Gasteiger partial charge in [0, 0.05) is 0 Å². The molecule has 2 N–H and O–H groups in total. The van der Waals surface area contributed by atoms with E-state index in [2.05, 4.69) is 31.0 Å². The molecule has 5 heteroatoms. The number of benzene rings is 1. The van der Waals surface area contributed by atoms with Crippen molar-refractivity contribution >= 4 is 17.0 Å². The third kappa shape index (κ3) is 2.31. The highest BCUT2D eigenvalue weighted by molar-refractivity contribution is 5.82. The van der Waals surface area contributed by atoms with Crippen LogP contribution in [0.1, 0.15) is 24.0 Å². The Hall–Kier alpha value is -1.88. The smallest absolute Gasteiger partial charge is 0.327 e. The van der Waals surface area contributed by atoms with Crippen LogP contribution in [0, 0.1) is 19.8 Å². The van der Waals surface area contributed by atoms with E-state index in [9.17, 15) is 4.79 Å². The second kappa shape index (κ2) is 4.84.